The summed E-state index contributed by atoms with van der Waals surface area (Å²) in [7, 11) is 0. The van der Waals surface area contributed by atoms with Crippen molar-refractivity contribution in [1.29, 1.82) is 0 Å². The van der Waals surface area contributed by atoms with Crippen LogP contribution in [0.2, 0.25) is 5.02 Å². The van der Waals surface area contributed by atoms with E-state index < -0.39 is 0 Å². The van der Waals surface area contributed by atoms with Crippen LogP contribution in [0.1, 0.15) is 12.7 Å². The minimum Gasteiger partial charge on any atom is -0.337 e. The Morgan fingerprint density at radius 1 is 1.25 bits per heavy atom. The molecule has 0 amide bonds. The van der Waals surface area contributed by atoms with Crippen LogP contribution in [0.15, 0.2) is 47.6 Å². The summed E-state index contributed by atoms with van der Waals surface area (Å²) in [4.78, 5) is 7.58. The van der Waals surface area contributed by atoms with Gasteiger partial charge in [0.25, 0.3) is 0 Å². The van der Waals surface area contributed by atoms with Crippen molar-refractivity contribution in [3.8, 4) is 0 Å². The number of aromatic nitrogens is 2. The first-order valence-electron chi connectivity index (χ1n) is 7.04. The first-order chi connectivity index (χ1) is 11.5. The van der Waals surface area contributed by atoms with E-state index in [2.05, 4.69) is 25.8 Å². The number of halogens is 2. The number of benzene rings is 2. The highest BCUT2D eigenvalue weighted by molar-refractivity contribution is 7.80. The number of H-pyrrole nitrogens is 1. The van der Waals surface area contributed by atoms with E-state index in [9.17, 15) is 4.39 Å². The molecule has 0 saturated heterocycles. The Kier molecular flexibility index (Phi) is 4.73. The Bertz CT molecular complexity index is 920. The zero-order valence-electron chi connectivity index (χ0n) is 12.6. The molecule has 0 fully saturated rings. The summed E-state index contributed by atoms with van der Waals surface area (Å²) in [5, 5.41) is 8.02. The first kappa shape index (κ1) is 16.4. The Balaban J connectivity index is 1.68. The van der Waals surface area contributed by atoms with Gasteiger partial charge in [0.1, 0.15) is 11.5 Å². The molecule has 2 aromatic carbocycles. The zero-order valence-corrected chi connectivity index (χ0v) is 14.2. The molecular weight excluding hydrogens is 349 g/mol. The minimum absolute atomic E-state index is 0.292. The van der Waals surface area contributed by atoms with Gasteiger partial charge in [0.2, 0.25) is 0 Å². The molecule has 5 nitrogen and oxygen atoms in total. The van der Waals surface area contributed by atoms with Crippen molar-refractivity contribution < 1.29 is 4.39 Å². The third-order valence-corrected chi connectivity index (χ3v) is 3.64. The molecule has 0 spiro atoms. The first-order valence-corrected chi connectivity index (χ1v) is 7.82. The summed E-state index contributed by atoms with van der Waals surface area (Å²) in [5.74, 6) is 0.308. The highest BCUT2D eigenvalue weighted by Gasteiger charge is 2.06. The van der Waals surface area contributed by atoms with Crippen LogP contribution in [0, 0.1) is 5.82 Å². The molecule has 122 valence electrons. The summed E-state index contributed by atoms with van der Waals surface area (Å²) in [5.41, 5.74) is 5.66. The SMILES string of the molecule is C/C(=N\NC(=S)Nc1ccc(F)cc1)c1nc2ccc(Cl)cc2[nH]1. The molecule has 24 heavy (non-hydrogen) atoms. The smallest absolute Gasteiger partial charge is 0.191 e. The highest BCUT2D eigenvalue weighted by Crippen LogP contribution is 2.17. The molecule has 3 aromatic rings. The van der Waals surface area contributed by atoms with Crippen LogP contribution >= 0.6 is 23.8 Å². The largest absolute Gasteiger partial charge is 0.337 e. The number of nitrogens with one attached hydrogen (secondary N) is 3. The molecule has 3 rings (SSSR count). The monoisotopic (exact) mass is 361 g/mol. The second-order valence-corrected chi connectivity index (χ2v) is 5.86. The van der Waals surface area contributed by atoms with Gasteiger partial charge in [0.15, 0.2) is 10.9 Å². The van der Waals surface area contributed by atoms with E-state index in [1.54, 1.807) is 31.2 Å². The van der Waals surface area contributed by atoms with E-state index in [1.165, 1.54) is 12.1 Å². The van der Waals surface area contributed by atoms with Crippen molar-refractivity contribution >= 4 is 51.4 Å². The number of rotatable bonds is 3. The molecule has 0 radical (unpaired) electrons. The number of nitrogens with zero attached hydrogens (tertiary/aromatic N) is 2. The summed E-state index contributed by atoms with van der Waals surface area (Å²) < 4.78 is 12.9. The molecule has 3 N–H and O–H groups in total. The summed E-state index contributed by atoms with van der Waals surface area (Å²) in [6, 6.07) is 11.3. The normalized spacial score (nSPS) is 11.5. The van der Waals surface area contributed by atoms with Gasteiger partial charge in [-0.05, 0) is 61.6 Å². The van der Waals surface area contributed by atoms with Gasteiger partial charge in [-0.2, -0.15) is 5.10 Å². The van der Waals surface area contributed by atoms with Crippen LogP contribution in [0.4, 0.5) is 10.1 Å². The van der Waals surface area contributed by atoms with Crippen molar-refractivity contribution in [3.63, 3.8) is 0 Å². The van der Waals surface area contributed by atoms with Crippen molar-refractivity contribution in [2.24, 2.45) is 5.10 Å². The van der Waals surface area contributed by atoms with Crippen LogP contribution in [-0.2, 0) is 0 Å². The second kappa shape index (κ2) is 6.94. The Labute approximate surface area is 147 Å². The van der Waals surface area contributed by atoms with Crippen molar-refractivity contribution in [1.82, 2.24) is 15.4 Å². The number of anilines is 1. The average Bonchev–Trinajstić information content (AvgIpc) is 2.98. The van der Waals surface area contributed by atoms with Crippen molar-refractivity contribution in [3.05, 3.63) is 59.1 Å². The molecular formula is C16H13ClFN5S. The van der Waals surface area contributed by atoms with Gasteiger partial charge >= 0.3 is 0 Å². The standard InChI is InChI=1S/C16H13ClFN5S/c1-9(15-20-13-7-2-10(17)8-14(13)21-15)22-23-16(24)19-12-5-3-11(18)4-6-12/h2-8H,1H3,(H,20,21)(H2,19,23,24)/b22-9+. The lowest BCUT2D eigenvalue weighted by Gasteiger charge is -2.07. The number of hydrazone groups is 1. The van der Waals surface area contributed by atoms with Gasteiger partial charge in [-0.25, -0.2) is 9.37 Å². The van der Waals surface area contributed by atoms with Crippen molar-refractivity contribution in [2.75, 3.05) is 5.32 Å². The Morgan fingerprint density at radius 3 is 2.75 bits per heavy atom. The maximum atomic E-state index is 12.9. The summed E-state index contributed by atoms with van der Waals surface area (Å²) in [6.07, 6.45) is 0. The van der Waals surface area contributed by atoms with Crippen molar-refractivity contribution in [2.45, 2.75) is 6.92 Å². The number of aromatic amines is 1. The van der Waals surface area contributed by atoms with E-state index in [0.29, 0.717) is 27.4 Å². The van der Waals surface area contributed by atoms with Gasteiger partial charge < -0.3 is 10.3 Å². The molecule has 0 unspecified atom stereocenters. The lowest BCUT2D eigenvalue weighted by molar-refractivity contribution is 0.628. The lowest BCUT2D eigenvalue weighted by atomic mass is 10.3. The molecule has 0 saturated carbocycles. The molecule has 0 aliphatic heterocycles. The molecule has 0 aliphatic carbocycles. The summed E-state index contributed by atoms with van der Waals surface area (Å²) >= 11 is 11.1. The average molecular weight is 362 g/mol. The predicted molar refractivity (Wildman–Crippen MR) is 99.1 cm³/mol. The van der Waals surface area contributed by atoms with E-state index in [1.807, 2.05) is 6.07 Å². The number of hydrogen-bond donors (Lipinski definition) is 3. The predicted octanol–water partition coefficient (Wildman–Crippen LogP) is 4.07. The molecule has 0 bridgehead atoms. The molecule has 1 heterocycles. The highest BCUT2D eigenvalue weighted by atomic mass is 35.5. The third kappa shape index (κ3) is 3.87. The summed E-state index contributed by atoms with van der Waals surface area (Å²) in [6.45, 7) is 1.80. The number of fused-ring (bicyclic) bond motifs is 1. The maximum Gasteiger partial charge on any atom is 0.191 e. The van der Waals surface area contributed by atoms with Crippen LogP contribution in [0.25, 0.3) is 11.0 Å². The second-order valence-electron chi connectivity index (χ2n) is 5.02. The number of imidazole rings is 1. The quantitative estimate of drug-likeness (QED) is 0.374. The van der Waals surface area contributed by atoms with Crippen LogP contribution in [0.3, 0.4) is 0 Å². The minimum atomic E-state index is -0.307. The lowest BCUT2D eigenvalue weighted by Crippen LogP contribution is -2.25. The fraction of sp³-hybridized carbons (Fsp3) is 0.0625. The van der Waals surface area contributed by atoms with Gasteiger partial charge in [-0.15, -0.1) is 0 Å². The van der Waals surface area contributed by atoms with Gasteiger partial charge in [0.05, 0.1) is 11.0 Å². The molecule has 8 heteroatoms. The van der Waals surface area contributed by atoms with Crippen LogP contribution in [-0.4, -0.2) is 20.8 Å². The Hall–Kier alpha value is -2.51. The third-order valence-electron chi connectivity index (χ3n) is 3.21. The number of hydrogen-bond acceptors (Lipinski definition) is 3. The van der Waals surface area contributed by atoms with E-state index in [-0.39, 0.29) is 5.82 Å². The van der Waals surface area contributed by atoms with Gasteiger partial charge in [-0.1, -0.05) is 11.6 Å². The molecule has 0 atom stereocenters. The Morgan fingerprint density at radius 2 is 2.00 bits per heavy atom. The van der Waals surface area contributed by atoms with Crippen LogP contribution in [0.5, 0.6) is 0 Å². The van der Waals surface area contributed by atoms with E-state index in [4.69, 9.17) is 23.8 Å². The topological polar surface area (TPSA) is 65.1 Å². The fourth-order valence-corrected chi connectivity index (χ4v) is 2.37. The van der Waals surface area contributed by atoms with E-state index >= 15 is 0 Å². The maximum absolute atomic E-state index is 12.9. The molecule has 1 aromatic heterocycles. The van der Waals surface area contributed by atoms with Gasteiger partial charge in [-0.3, -0.25) is 5.43 Å². The molecule has 0 aliphatic rings. The van der Waals surface area contributed by atoms with Crippen LogP contribution < -0.4 is 10.7 Å². The van der Waals surface area contributed by atoms with Gasteiger partial charge in [0, 0.05) is 10.7 Å². The fourth-order valence-electron chi connectivity index (χ4n) is 2.03. The number of thiocarbonyl (C=S) groups is 1. The zero-order chi connectivity index (χ0) is 17.1. The van der Waals surface area contributed by atoms with E-state index in [0.717, 1.165) is 11.0 Å².